The van der Waals surface area contributed by atoms with Crippen molar-refractivity contribution >= 4 is 11.7 Å². The summed E-state index contributed by atoms with van der Waals surface area (Å²) in [6, 6.07) is 14.7. The molecule has 0 aliphatic rings. The standard InChI is InChI=1S/C17H17NO4/c1-12(19)22-18-17(13-4-8-15(20-2)9-5-13)14-6-10-16(21-3)11-7-14/h4-11H,1-3H3. The highest BCUT2D eigenvalue weighted by Gasteiger charge is 2.09. The Morgan fingerprint density at radius 3 is 1.55 bits per heavy atom. The van der Waals surface area contributed by atoms with E-state index in [-0.39, 0.29) is 0 Å². The van der Waals surface area contributed by atoms with Crippen LogP contribution >= 0.6 is 0 Å². The SMILES string of the molecule is COc1ccc(C(=NOC(C)=O)c2ccc(OC)cc2)cc1. The first-order chi connectivity index (χ1) is 10.6. The van der Waals surface area contributed by atoms with Crippen molar-refractivity contribution < 1.29 is 19.1 Å². The van der Waals surface area contributed by atoms with Crippen molar-refractivity contribution in [1.29, 1.82) is 0 Å². The minimum atomic E-state index is -0.473. The molecule has 2 aromatic carbocycles. The molecule has 0 unspecified atom stereocenters. The molecule has 0 spiro atoms. The quantitative estimate of drug-likeness (QED) is 0.484. The minimum Gasteiger partial charge on any atom is -0.497 e. The number of hydrogen-bond donors (Lipinski definition) is 0. The van der Waals surface area contributed by atoms with E-state index in [1.165, 1.54) is 6.92 Å². The van der Waals surface area contributed by atoms with Gasteiger partial charge in [0.05, 0.1) is 14.2 Å². The summed E-state index contributed by atoms with van der Waals surface area (Å²) in [7, 11) is 3.21. The Labute approximate surface area is 129 Å². The average Bonchev–Trinajstić information content (AvgIpc) is 2.56. The number of benzene rings is 2. The molecule has 0 bridgehead atoms. The Morgan fingerprint density at radius 2 is 1.23 bits per heavy atom. The summed E-state index contributed by atoms with van der Waals surface area (Å²) in [5, 5.41) is 3.96. The van der Waals surface area contributed by atoms with Crippen LogP contribution in [0, 0.1) is 0 Å². The summed E-state index contributed by atoms with van der Waals surface area (Å²) in [4.78, 5) is 15.9. The number of nitrogens with zero attached hydrogens (tertiary/aromatic N) is 1. The topological polar surface area (TPSA) is 57.1 Å². The number of ether oxygens (including phenoxy) is 2. The lowest BCUT2D eigenvalue weighted by molar-refractivity contribution is -0.140. The van der Waals surface area contributed by atoms with Gasteiger partial charge in [-0.1, -0.05) is 5.16 Å². The van der Waals surface area contributed by atoms with Gasteiger partial charge in [0.25, 0.3) is 0 Å². The predicted octanol–water partition coefficient (Wildman–Crippen LogP) is 3.02. The summed E-state index contributed by atoms with van der Waals surface area (Å²) in [6.45, 7) is 1.31. The molecule has 5 nitrogen and oxygen atoms in total. The van der Waals surface area contributed by atoms with E-state index >= 15 is 0 Å². The van der Waals surface area contributed by atoms with E-state index in [0.29, 0.717) is 5.71 Å². The maximum absolute atomic E-state index is 11.0. The van der Waals surface area contributed by atoms with Crippen LogP contribution in [0.4, 0.5) is 0 Å². The molecule has 2 aromatic rings. The largest absolute Gasteiger partial charge is 0.497 e. The molecular weight excluding hydrogens is 282 g/mol. The van der Waals surface area contributed by atoms with Gasteiger partial charge in [0, 0.05) is 18.1 Å². The van der Waals surface area contributed by atoms with Gasteiger partial charge in [0.15, 0.2) is 0 Å². The zero-order chi connectivity index (χ0) is 15.9. The van der Waals surface area contributed by atoms with Gasteiger partial charge < -0.3 is 14.3 Å². The molecule has 0 N–H and O–H groups in total. The highest BCUT2D eigenvalue weighted by Crippen LogP contribution is 2.18. The summed E-state index contributed by atoms with van der Waals surface area (Å²) in [5.74, 6) is 1.01. The van der Waals surface area contributed by atoms with Gasteiger partial charge in [-0.15, -0.1) is 0 Å². The van der Waals surface area contributed by atoms with Crippen molar-refractivity contribution in [2.75, 3.05) is 14.2 Å². The van der Waals surface area contributed by atoms with E-state index in [9.17, 15) is 4.79 Å². The lowest BCUT2D eigenvalue weighted by Gasteiger charge is -2.08. The van der Waals surface area contributed by atoms with Crippen LogP contribution in [0.5, 0.6) is 11.5 Å². The third-order valence-electron chi connectivity index (χ3n) is 2.99. The van der Waals surface area contributed by atoms with Gasteiger partial charge in [-0.3, -0.25) is 0 Å². The molecule has 0 saturated heterocycles. The monoisotopic (exact) mass is 299 g/mol. The van der Waals surface area contributed by atoms with Crippen molar-refractivity contribution in [3.05, 3.63) is 59.7 Å². The third-order valence-corrected chi connectivity index (χ3v) is 2.99. The molecule has 0 atom stereocenters. The fourth-order valence-electron chi connectivity index (χ4n) is 1.88. The zero-order valence-electron chi connectivity index (χ0n) is 12.7. The van der Waals surface area contributed by atoms with Gasteiger partial charge >= 0.3 is 5.97 Å². The molecular formula is C17H17NO4. The van der Waals surface area contributed by atoms with Crippen LogP contribution in [-0.2, 0) is 9.63 Å². The molecule has 0 aliphatic heterocycles. The van der Waals surface area contributed by atoms with Crippen LogP contribution in [0.25, 0.3) is 0 Å². The summed E-state index contributed by atoms with van der Waals surface area (Å²) in [5.41, 5.74) is 2.18. The Kier molecular flexibility index (Phi) is 5.14. The lowest BCUT2D eigenvalue weighted by atomic mass is 10.0. The fourth-order valence-corrected chi connectivity index (χ4v) is 1.88. The summed E-state index contributed by atoms with van der Waals surface area (Å²) >= 11 is 0. The van der Waals surface area contributed by atoms with Gasteiger partial charge in [0.2, 0.25) is 0 Å². The van der Waals surface area contributed by atoms with E-state index in [1.54, 1.807) is 14.2 Å². The second-order valence-corrected chi connectivity index (χ2v) is 4.48. The van der Waals surface area contributed by atoms with Gasteiger partial charge in [-0.25, -0.2) is 4.79 Å². The van der Waals surface area contributed by atoms with Crippen molar-refractivity contribution in [2.45, 2.75) is 6.92 Å². The van der Waals surface area contributed by atoms with Crippen molar-refractivity contribution in [1.82, 2.24) is 0 Å². The molecule has 0 fully saturated rings. The summed E-state index contributed by atoms with van der Waals surface area (Å²) < 4.78 is 10.3. The molecule has 0 radical (unpaired) electrons. The van der Waals surface area contributed by atoms with E-state index in [4.69, 9.17) is 14.3 Å². The number of rotatable bonds is 5. The first-order valence-corrected chi connectivity index (χ1v) is 6.68. The molecule has 22 heavy (non-hydrogen) atoms. The Bertz CT molecular complexity index is 611. The molecule has 5 heteroatoms. The number of methoxy groups -OCH3 is 2. The normalized spacial score (nSPS) is 9.77. The number of oxime groups is 1. The predicted molar refractivity (Wildman–Crippen MR) is 83.4 cm³/mol. The highest BCUT2D eigenvalue weighted by molar-refractivity contribution is 6.12. The van der Waals surface area contributed by atoms with Crippen molar-refractivity contribution in [2.24, 2.45) is 5.16 Å². The third kappa shape index (κ3) is 3.85. The van der Waals surface area contributed by atoms with E-state index in [0.717, 1.165) is 22.6 Å². The molecule has 0 aromatic heterocycles. The zero-order valence-corrected chi connectivity index (χ0v) is 12.7. The van der Waals surface area contributed by atoms with E-state index < -0.39 is 5.97 Å². The second kappa shape index (κ2) is 7.26. The van der Waals surface area contributed by atoms with Gasteiger partial charge in [0.1, 0.15) is 17.2 Å². The summed E-state index contributed by atoms with van der Waals surface area (Å²) in [6.07, 6.45) is 0. The van der Waals surface area contributed by atoms with Crippen LogP contribution in [-0.4, -0.2) is 25.9 Å². The minimum absolute atomic E-state index is 0.473. The van der Waals surface area contributed by atoms with Gasteiger partial charge in [-0.2, -0.15) is 0 Å². The van der Waals surface area contributed by atoms with Crippen LogP contribution < -0.4 is 9.47 Å². The van der Waals surface area contributed by atoms with Crippen molar-refractivity contribution in [3.63, 3.8) is 0 Å². The number of hydrogen-bond acceptors (Lipinski definition) is 5. The average molecular weight is 299 g/mol. The van der Waals surface area contributed by atoms with Crippen molar-refractivity contribution in [3.8, 4) is 11.5 Å². The number of carbonyl (C=O) groups excluding carboxylic acids is 1. The maximum Gasteiger partial charge on any atom is 0.332 e. The smallest absolute Gasteiger partial charge is 0.332 e. The molecule has 0 amide bonds. The van der Waals surface area contributed by atoms with Crippen LogP contribution in [0.1, 0.15) is 18.1 Å². The van der Waals surface area contributed by atoms with E-state index in [2.05, 4.69) is 5.16 Å². The Morgan fingerprint density at radius 1 is 0.818 bits per heavy atom. The number of carbonyl (C=O) groups is 1. The Hall–Kier alpha value is -2.82. The molecule has 0 aliphatic carbocycles. The van der Waals surface area contributed by atoms with Crippen LogP contribution in [0.15, 0.2) is 53.7 Å². The maximum atomic E-state index is 11.0. The molecule has 2 rings (SSSR count). The molecule has 114 valence electrons. The van der Waals surface area contributed by atoms with E-state index in [1.807, 2.05) is 48.5 Å². The van der Waals surface area contributed by atoms with Crippen LogP contribution in [0.3, 0.4) is 0 Å². The molecule has 0 heterocycles. The fraction of sp³-hybridized carbons (Fsp3) is 0.176. The second-order valence-electron chi connectivity index (χ2n) is 4.48. The first-order valence-electron chi connectivity index (χ1n) is 6.68. The first kappa shape index (κ1) is 15.6. The molecule has 0 saturated carbocycles. The van der Waals surface area contributed by atoms with Crippen LogP contribution in [0.2, 0.25) is 0 Å². The Balaban J connectivity index is 2.40. The lowest BCUT2D eigenvalue weighted by Crippen LogP contribution is -2.06. The van der Waals surface area contributed by atoms with Gasteiger partial charge in [-0.05, 0) is 48.5 Å². The highest BCUT2D eigenvalue weighted by atomic mass is 16.7.